The fourth-order valence-electron chi connectivity index (χ4n) is 2.19. The summed E-state index contributed by atoms with van der Waals surface area (Å²) < 4.78 is 0. The highest BCUT2D eigenvalue weighted by atomic mass is 32.1. The Bertz CT molecular complexity index is 472. The second kappa shape index (κ2) is 6.14. The molecule has 104 valence electrons. The van der Waals surface area contributed by atoms with Crippen LogP contribution in [0.25, 0.3) is 0 Å². The van der Waals surface area contributed by atoms with Gasteiger partial charge in [0, 0.05) is 17.8 Å². The third-order valence-electron chi connectivity index (χ3n) is 3.31. The van der Waals surface area contributed by atoms with Crippen LogP contribution in [0.3, 0.4) is 0 Å². The summed E-state index contributed by atoms with van der Waals surface area (Å²) in [5.74, 6) is -0.00386. The average molecular weight is 281 g/mol. The van der Waals surface area contributed by atoms with Gasteiger partial charge in [0.1, 0.15) is 6.04 Å². The normalized spacial score (nSPS) is 20.3. The highest BCUT2D eigenvalue weighted by molar-refractivity contribution is 7.09. The van der Waals surface area contributed by atoms with Crippen LogP contribution in [-0.2, 0) is 16.1 Å². The van der Waals surface area contributed by atoms with Gasteiger partial charge >= 0.3 is 0 Å². The predicted octanol–water partition coefficient (Wildman–Crippen LogP) is 1.47. The molecule has 0 aromatic carbocycles. The topological polar surface area (TPSA) is 62.3 Å². The molecule has 6 heteroatoms. The summed E-state index contributed by atoms with van der Waals surface area (Å²) >= 11 is 1.56. The lowest BCUT2D eigenvalue weighted by molar-refractivity contribution is -0.134. The van der Waals surface area contributed by atoms with E-state index in [-0.39, 0.29) is 17.9 Å². The van der Waals surface area contributed by atoms with Gasteiger partial charge in [-0.1, -0.05) is 13.3 Å². The first-order valence-corrected chi connectivity index (χ1v) is 7.47. The van der Waals surface area contributed by atoms with Crippen molar-refractivity contribution in [3.05, 3.63) is 16.1 Å². The summed E-state index contributed by atoms with van der Waals surface area (Å²) in [6.07, 6.45) is 1.96. The Morgan fingerprint density at radius 1 is 1.53 bits per heavy atom. The molecule has 0 aliphatic carbocycles. The lowest BCUT2D eigenvalue weighted by Crippen LogP contribution is -2.44. The van der Waals surface area contributed by atoms with Crippen molar-refractivity contribution in [2.24, 2.45) is 0 Å². The van der Waals surface area contributed by atoms with E-state index in [2.05, 4.69) is 10.3 Å². The molecule has 19 heavy (non-hydrogen) atoms. The smallest absolute Gasteiger partial charge is 0.245 e. The molecule has 0 radical (unpaired) electrons. The molecule has 2 amide bonds. The van der Waals surface area contributed by atoms with E-state index < -0.39 is 0 Å². The lowest BCUT2D eigenvalue weighted by Gasteiger charge is -2.23. The molecule has 1 atom stereocenters. The van der Waals surface area contributed by atoms with Crippen LogP contribution >= 0.6 is 11.3 Å². The minimum Gasteiger partial charge on any atom is -0.344 e. The summed E-state index contributed by atoms with van der Waals surface area (Å²) in [5.41, 5.74) is 2.76. The molecule has 0 bridgehead atoms. The molecule has 1 aliphatic heterocycles. The standard InChI is InChI=1S/C13H19N3O2S/c1-3-4-10-13(18)16(6-5-12(17)15-10)7-11-9(2)14-8-19-11/h8,10H,3-7H2,1-2H3,(H,15,17). The van der Waals surface area contributed by atoms with Crippen LogP contribution in [-0.4, -0.2) is 34.3 Å². The van der Waals surface area contributed by atoms with Crippen LogP contribution in [0.5, 0.6) is 0 Å². The van der Waals surface area contributed by atoms with Crippen LogP contribution < -0.4 is 5.32 Å². The van der Waals surface area contributed by atoms with Crippen molar-refractivity contribution in [1.82, 2.24) is 15.2 Å². The molecular weight excluding hydrogens is 262 g/mol. The quantitative estimate of drug-likeness (QED) is 0.909. The zero-order chi connectivity index (χ0) is 13.8. The van der Waals surface area contributed by atoms with Gasteiger partial charge in [0.2, 0.25) is 11.8 Å². The fraction of sp³-hybridized carbons (Fsp3) is 0.615. The van der Waals surface area contributed by atoms with E-state index in [4.69, 9.17) is 0 Å². The van der Waals surface area contributed by atoms with Gasteiger partial charge in [-0.05, 0) is 13.3 Å². The van der Waals surface area contributed by atoms with Crippen molar-refractivity contribution in [3.8, 4) is 0 Å². The third-order valence-corrected chi connectivity index (χ3v) is 4.23. The number of aryl methyl sites for hydroxylation is 1. The number of amides is 2. The monoisotopic (exact) mass is 281 g/mol. The van der Waals surface area contributed by atoms with Crippen molar-refractivity contribution in [3.63, 3.8) is 0 Å². The molecule has 0 saturated carbocycles. The maximum atomic E-state index is 12.4. The summed E-state index contributed by atoms with van der Waals surface area (Å²) in [6.45, 7) is 5.01. The van der Waals surface area contributed by atoms with E-state index in [1.165, 1.54) is 0 Å². The van der Waals surface area contributed by atoms with Gasteiger partial charge in [-0.15, -0.1) is 11.3 Å². The van der Waals surface area contributed by atoms with Gasteiger partial charge in [0.25, 0.3) is 0 Å². The van der Waals surface area contributed by atoms with E-state index in [1.54, 1.807) is 21.7 Å². The number of rotatable bonds is 4. The van der Waals surface area contributed by atoms with Crippen LogP contribution in [0.2, 0.25) is 0 Å². The van der Waals surface area contributed by atoms with Crippen molar-refractivity contribution in [2.45, 2.75) is 45.7 Å². The Labute approximate surface area is 117 Å². The van der Waals surface area contributed by atoms with Crippen LogP contribution in [0.15, 0.2) is 5.51 Å². The summed E-state index contributed by atoms with van der Waals surface area (Å²) in [6, 6.07) is -0.367. The van der Waals surface area contributed by atoms with Crippen molar-refractivity contribution >= 4 is 23.2 Å². The van der Waals surface area contributed by atoms with Gasteiger partial charge in [-0.2, -0.15) is 0 Å². The molecule has 1 saturated heterocycles. The molecule has 1 aromatic rings. The van der Waals surface area contributed by atoms with Crippen LogP contribution in [0, 0.1) is 6.92 Å². The molecule has 2 heterocycles. The number of aromatic nitrogens is 1. The number of nitrogens with zero attached hydrogens (tertiary/aromatic N) is 2. The minimum atomic E-state index is -0.367. The van der Waals surface area contributed by atoms with Crippen molar-refractivity contribution in [2.75, 3.05) is 6.54 Å². The first-order valence-electron chi connectivity index (χ1n) is 6.59. The maximum Gasteiger partial charge on any atom is 0.245 e. The molecule has 1 fully saturated rings. The first kappa shape index (κ1) is 14.0. The Balaban J connectivity index is 2.12. The largest absolute Gasteiger partial charge is 0.344 e. The highest BCUT2D eigenvalue weighted by Gasteiger charge is 2.29. The van der Waals surface area contributed by atoms with Crippen LogP contribution in [0.1, 0.15) is 36.8 Å². The highest BCUT2D eigenvalue weighted by Crippen LogP contribution is 2.17. The van der Waals surface area contributed by atoms with E-state index in [0.29, 0.717) is 25.9 Å². The van der Waals surface area contributed by atoms with E-state index in [1.807, 2.05) is 13.8 Å². The molecule has 2 rings (SSSR count). The molecule has 1 aliphatic rings. The number of carbonyl (C=O) groups excluding carboxylic acids is 2. The second-order valence-corrected chi connectivity index (χ2v) is 5.72. The molecule has 5 nitrogen and oxygen atoms in total. The molecule has 1 N–H and O–H groups in total. The molecular formula is C13H19N3O2S. The number of hydrogen-bond donors (Lipinski definition) is 1. The molecule has 1 aromatic heterocycles. The van der Waals surface area contributed by atoms with Gasteiger partial charge in [0.05, 0.1) is 17.7 Å². The fourth-order valence-corrected chi connectivity index (χ4v) is 2.98. The van der Waals surface area contributed by atoms with E-state index in [9.17, 15) is 9.59 Å². The van der Waals surface area contributed by atoms with Crippen molar-refractivity contribution < 1.29 is 9.59 Å². The number of hydrogen-bond acceptors (Lipinski definition) is 4. The average Bonchev–Trinajstić information content (AvgIpc) is 2.73. The number of nitrogens with one attached hydrogen (secondary N) is 1. The lowest BCUT2D eigenvalue weighted by atomic mass is 10.1. The summed E-state index contributed by atoms with van der Waals surface area (Å²) in [4.78, 5) is 31.1. The van der Waals surface area contributed by atoms with E-state index in [0.717, 1.165) is 17.0 Å². The zero-order valence-electron chi connectivity index (χ0n) is 11.3. The Morgan fingerprint density at radius 3 is 2.95 bits per heavy atom. The molecule has 0 spiro atoms. The SMILES string of the molecule is CCCC1NC(=O)CCN(Cc2scnc2C)C1=O. The van der Waals surface area contributed by atoms with Gasteiger partial charge in [-0.25, -0.2) is 4.98 Å². The Morgan fingerprint density at radius 2 is 2.32 bits per heavy atom. The summed E-state index contributed by atoms with van der Waals surface area (Å²) in [5, 5.41) is 2.81. The van der Waals surface area contributed by atoms with E-state index >= 15 is 0 Å². The van der Waals surface area contributed by atoms with Crippen molar-refractivity contribution in [1.29, 1.82) is 0 Å². The van der Waals surface area contributed by atoms with Gasteiger partial charge in [-0.3, -0.25) is 9.59 Å². The minimum absolute atomic E-state index is 0.0282. The van der Waals surface area contributed by atoms with Crippen LogP contribution in [0.4, 0.5) is 0 Å². The predicted molar refractivity (Wildman–Crippen MR) is 73.7 cm³/mol. The number of thiazole rings is 1. The first-order chi connectivity index (χ1) is 9.11. The second-order valence-electron chi connectivity index (χ2n) is 4.78. The summed E-state index contributed by atoms with van der Waals surface area (Å²) in [7, 11) is 0. The Kier molecular flexibility index (Phi) is 4.52. The maximum absolute atomic E-state index is 12.4. The molecule has 1 unspecified atom stereocenters. The third kappa shape index (κ3) is 3.32. The Hall–Kier alpha value is -1.43. The van der Waals surface area contributed by atoms with Gasteiger partial charge in [0.15, 0.2) is 0 Å². The zero-order valence-corrected chi connectivity index (χ0v) is 12.1. The van der Waals surface area contributed by atoms with Gasteiger partial charge < -0.3 is 10.2 Å². The number of carbonyl (C=O) groups is 2.